The van der Waals surface area contributed by atoms with Gasteiger partial charge in [0.15, 0.2) is 5.96 Å². The van der Waals surface area contributed by atoms with Gasteiger partial charge in [0.2, 0.25) is 0 Å². The van der Waals surface area contributed by atoms with Gasteiger partial charge in [-0.1, -0.05) is 6.07 Å². The first-order valence-electron chi connectivity index (χ1n) is 10.8. The number of imidazole rings is 1. The number of ether oxygens (including phenoxy) is 2. The molecular weight excluding hydrogens is 380 g/mol. The minimum Gasteiger partial charge on any atom is -0.385 e. The second-order valence-corrected chi connectivity index (χ2v) is 7.44. The van der Waals surface area contributed by atoms with Gasteiger partial charge in [0.05, 0.1) is 12.6 Å². The monoisotopic (exact) mass is 414 g/mol. The Morgan fingerprint density at radius 1 is 1.23 bits per heavy atom. The number of nitrogens with zero attached hydrogens (tertiary/aromatic N) is 5. The number of aryl methyl sites for hydroxylation is 1. The van der Waals surface area contributed by atoms with Gasteiger partial charge in [-0.2, -0.15) is 0 Å². The van der Waals surface area contributed by atoms with Crippen molar-refractivity contribution >= 4 is 5.96 Å². The highest BCUT2D eigenvalue weighted by Gasteiger charge is 2.21. The van der Waals surface area contributed by atoms with Gasteiger partial charge in [-0.15, -0.1) is 0 Å². The lowest BCUT2D eigenvalue weighted by Crippen LogP contribution is -2.47. The maximum atomic E-state index is 5.97. The summed E-state index contributed by atoms with van der Waals surface area (Å²) < 4.78 is 13.0. The third kappa shape index (κ3) is 6.27. The Bertz CT molecular complexity index is 781. The van der Waals surface area contributed by atoms with Crippen molar-refractivity contribution in [2.24, 2.45) is 4.99 Å². The van der Waals surface area contributed by atoms with Crippen molar-refractivity contribution in [1.82, 2.24) is 24.8 Å². The molecule has 0 radical (unpaired) electrons. The number of aliphatic imine (C=N–C) groups is 1. The minimum absolute atomic E-state index is 0.337. The van der Waals surface area contributed by atoms with E-state index >= 15 is 0 Å². The van der Waals surface area contributed by atoms with Crippen molar-refractivity contribution in [2.45, 2.75) is 45.8 Å². The molecule has 3 rings (SSSR count). The molecule has 0 bridgehead atoms. The molecule has 2 aromatic rings. The van der Waals surface area contributed by atoms with Crippen LogP contribution in [0, 0.1) is 6.92 Å². The Hall–Kier alpha value is -2.45. The summed E-state index contributed by atoms with van der Waals surface area (Å²) in [6.45, 7) is 8.97. The van der Waals surface area contributed by atoms with E-state index in [0.717, 1.165) is 75.3 Å². The zero-order chi connectivity index (χ0) is 21.2. The fraction of sp³-hybridized carbons (Fsp3) is 0.591. The summed E-state index contributed by atoms with van der Waals surface area (Å²) in [5.41, 5.74) is 1.09. The predicted octanol–water partition coefficient (Wildman–Crippen LogP) is 2.56. The van der Waals surface area contributed by atoms with Crippen LogP contribution in [0.25, 0.3) is 5.82 Å². The van der Waals surface area contributed by atoms with Gasteiger partial charge in [0.25, 0.3) is 0 Å². The molecule has 0 aliphatic carbocycles. The number of likely N-dealkylation sites (tertiary alicyclic amines) is 1. The van der Waals surface area contributed by atoms with E-state index < -0.39 is 0 Å². The number of methoxy groups -OCH3 is 1. The van der Waals surface area contributed by atoms with Crippen LogP contribution in [0.15, 0.2) is 35.7 Å². The smallest absolute Gasteiger partial charge is 0.194 e. The summed E-state index contributed by atoms with van der Waals surface area (Å²) in [6.07, 6.45) is 8.94. The minimum atomic E-state index is 0.337. The van der Waals surface area contributed by atoms with Crippen molar-refractivity contribution in [3.8, 4) is 5.82 Å². The second-order valence-electron chi connectivity index (χ2n) is 7.44. The van der Waals surface area contributed by atoms with Crippen molar-refractivity contribution in [3.05, 3.63) is 42.1 Å². The zero-order valence-electron chi connectivity index (χ0n) is 18.4. The Kier molecular flexibility index (Phi) is 8.65. The van der Waals surface area contributed by atoms with Crippen LogP contribution in [0.2, 0.25) is 0 Å². The number of guanidine groups is 1. The van der Waals surface area contributed by atoms with E-state index in [-0.39, 0.29) is 0 Å². The third-order valence-electron chi connectivity index (χ3n) is 5.22. The summed E-state index contributed by atoms with van der Waals surface area (Å²) in [6, 6.07) is 4.09. The first-order chi connectivity index (χ1) is 14.7. The van der Waals surface area contributed by atoms with Gasteiger partial charge in [-0.3, -0.25) is 4.57 Å². The molecule has 1 fully saturated rings. The van der Waals surface area contributed by atoms with Gasteiger partial charge in [-0.25, -0.2) is 15.0 Å². The SMILES string of the molecule is CCNC(=NCc1ccc(-n2ccnc2C)nc1)N1CCC(OCCCOC)CC1. The fourth-order valence-corrected chi connectivity index (χ4v) is 3.55. The van der Waals surface area contributed by atoms with Gasteiger partial charge < -0.3 is 19.7 Å². The van der Waals surface area contributed by atoms with E-state index in [1.165, 1.54) is 0 Å². The highest BCUT2D eigenvalue weighted by Crippen LogP contribution is 2.15. The molecule has 0 aromatic carbocycles. The molecule has 1 aliphatic heterocycles. The molecule has 3 heterocycles. The van der Waals surface area contributed by atoms with E-state index in [0.29, 0.717) is 12.6 Å². The number of hydrogen-bond acceptors (Lipinski definition) is 5. The molecule has 1 N–H and O–H groups in total. The van der Waals surface area contributed by atoms with E-state index in [9.17, 15) is 0 Å². The molecule has 1 aliphatic rings. The Balaban J connectivity index is 1.53. The molecule has 0 spiro atoms. The Labute approximate surface area is 179 Å². The lowest BCUT2D eigenvalue weighted by Gasteiger charge is -2.34. The fourth-order valence-electron chi connectivity index (χ4n) is 3.55. The van der Waals surface area contributed by atoms with E-state index in [2.05, 4.69) is 33.2 Å². The maximum Gasteiger partial charge on any atom is 0.194 e. The van der Waals surface area contributed by atoms with Crippen LogP contribution in [0.1, 0.15) is 37.6 Å². The van der Waals surface area contributed by atoms with Gasteiger partial charge in [0, 0.05) is 58.5 Å². The number of rotatable bonds is 9. The average Bonchev–Trinajstić information content (AvgIpc) is 3.21. The first-order valence-corrected chi connectivity index (χ1v) is 10.8. The maximum absolute atomic E-state index is 5.97. The number of aromatic nitrogens is 3. The summed E-state index contributed by atoms with van der Waals surface area (Å²) in [4.78, 5) is 16.0. The van der Waals surface area contributed by atoms with Crippen molar-refractivity contribution in [3.63, 3.8) is 0 Å². The van der Waals surface area contributed by atoms with Crippen molar-refractivity contribution in [1.29, 1.82) is 0 Å². The molecule has 1 saturated heterocycles. The van der Waals surface area contributed by atoms with Crippen molar-refractivity contribution in [2.75, 3.05) is 40.0 Å². The summed E-state index contributed by atoms with van der Waals surface area (Å²) >= 11 is 0. The lowest BCUT2D eigenvalue weighted by atomic mass is 10.1. The summed E-state index contributed by atoms with van der Waals surface area (Å²) in [7, 11) is 1.73. The Morgan fingerprint density at radius 2 is 2.07 bits per heavy atom. The number of pyridine rings is 1. The molecule has 30 heavy (non-hydrogen) atoms. The summed E-state index contributed by atoms with van der Waals surface area (Å²) in [5.74, 6) is 2.76. The molecule has 0 unspecified atom stereocenters. The molecule has 164 valence electrons. The zero-order valence-corrected chi connectivity index (χ0v) is 18.4. The normalized spacial score (nSPS) is 15.6. The first kappa shape index (κ1) is 22.2. The third-order valence-corrected chi connectivity index (χ3v) is 5.22. The topological polar surface area (TPSA) is 76.8 Å². The van der Waals surface area contributed by atoms with Crippen LogP contribution < -0.4 is 5.32 Å². The van der Waals surface area contributed by atoms with E-state index in [1.807, 2.05) is 30.0 Å². The van der Waals surface area contributed by atoms with E-state index in [4.69, 9.17) is 14.5 Å². The van der Waals surface area contributed by atoms with Gasteiger partial charge in [0.1, 0.15) is 11.6 Å². The lowest BCUT2D eigenvalue weighted by molar-refractivity contribution is 0.00990. The van der Waals surface area contributed by atoms with Crippen LogP contribution in [0.3, 0.4) is 0 Å². The molecule has 0 saturated carbocycles. The number of piperidine rings is 1. The van der Waals surface area contributed by atoms with Gasteiger partial charge in [-0.05, 0) is 44.7 Å². The Morgan fingerprint density at radius 3 is 2.70 bits per heavy atom. The molecule has 8 heteroatoms. The highest BCUT2D eigenvalue weighted by atomic mass is 16.5. The van der Waals surface area contributed by atoms with Gasteiger partial charge >= 0.3 is 0 Å². The molecular formula is C22H34N6O2. The molecule has 0 atom stereocenters. The van der Waals surface area contributed by atoms with Crippen molar-refractivity contribution < 1.29 is 9.47 Å². The van der Waals surface area contributed by atoms with E-state index in [1.54, 1.807) is 13.3 Å². The second kappa shape index (κ2) is 11.7. The average molecular weight is 415 g/mol. The number of hydrogen-bond donors (Lipinski definition) is 1. The van der Waals surface area contributed by atoms with Crippen LogP contribution >= 0.6 is 0 Å². The summed E-state index contributed by atoms with van der Waals surface area (Å²) in [5, 5.41) is 3.42. The van der Waals surface area contributed by atoms with Crippen LogP contribution in [-0.4, -0.2) is 71.5 Å². The standard InChI is InChI=1S/C22H34N6O2/c1-4-23-22(27-11-8-20(9-12-27)30-15-5-14-29-3)26-17-19-6-7-21(25-16-19)28-13-10-24-18(28)2/h6-7,10,13,16,20H,4-5,8-9,11-12,14-15,17H2,1-3H3,(H,23,26). The molecule has 0 amide bonds. The molecule has 8 nitrogen and oxygen atoms in total. The van der Waals surface area contributed by atoms with Crippen LogP contribution in [0.4, 0.5) is 0 Å². The van der Waals surface area contributed by atoms with Crippen LogP contribution in [0.5, 0.6) is 0 Å². The number of nitrogens with one attached hydrogen (secondary N) is 1. The van der Waals surface area contributed by atoms with Crippen LogP contribution in [-0.2, 0) is 16.0 Å². The predicted molar refractivity (Wildman–Crippen MR) is 118 cm³/mol. The highest BCUT2D eigenvalue weighted by molar-refractivity contribution is 5.80. The molecule has 2 aromatic heterocycles. The quantitative estimate of drug-likeness (QED) is 0.386. The largest absolute Gasteiger partial charge is 0.385 e.